The lowest BCUT2D eigenvalue weighted by molar-refractivity contribution is -0.143. The van der Waals surface area contributed by atoms with Crippen molar-refractivity contribution in [1.29, 1.82) is 0 Å². The van der Waals surface area contributed by atoms with Gasteiger partial charge in [-0.3, -0.25) is 9.79 Å². The predicted molar refractivity (Wildman–Crippen MR) is 140 cm³/mol. The summed E-state index contributed by atoms with van der Waals surface area (Å²) in [6, 6.07) is 16.9. The van der Waals surface area contributed by atoms with E-state index < -0.39 is 0 Å². The second-order valence-electron chi connectivity index (χ2n) is 8.07. The number of aliphatic imine (C=N–C) groups is 1. The maximum atomic E-state index is 11.3. The molecule has 0 spiro atoms. The van der Waals surface area contributed by atoms with Crippen molar-refractivity contribution in [1.82, 2.24) is 10.7 Å². The fourth-order valence-corrected chi connectivity index (χ4v) is 3.23. The Morgan fingerprint density at radius 1 is 1.06 bits per heavy atom. The molecule has 0 saturated carbocycles. The number of nitrogens with zero attached hydrogens (tertiary/aromatic N) is 1. The van der Waals surface area contributed by atoms with Crippen LogP contribution in [0.5, 0.6) is 5.75 Å². The summed E-state index contributed by atoms with van der Waals surface area (Å²) in [7, 11) is 1.67. The molecule has 0 fully saturated rings. The second-order valence-corrected chi connectivity index (χ2v) is 8.07. The molecule has 0 aliphatic heterocycles. The number of unbranched alkanes of at least 4 members (excludes halogenated alkanes) is 1. The first-order valence-electron chi connectivity index (χ1n) is 12.1. The molecule has 0 radical (unpaired) electrons. The van der Waals surface area contributed by atoms with Crippen molar-refractivity contribution in [2.24, 2.45) is 10.8 Å². The first-order chi connectivity index (χ1) is 16.4. The Kier molecular flexibility index (Phi) is 15.0. The first kappa shape index (κ1) is 29.1. The molecule has 0 aromatic heterocycles. The maximum absolute atomic E-state index is 11.3. The molecule has 2 rings (SSSR count). The zero-order valence-electron chi connectivity index (χ0n) is 21.4. The van der Waals surface area contributed by atoms with Gasteiger partial charge in [0.25, 0.3) is 0 Å². The number of esters is 1. The van der Waals surface area contributed by atoms with E-state index in [1.807, 2.05) is 37.3 Å². The molecule has 0 heterocycles. The van der Waals surface area contributed by atoms with Crippen molar-refractivity contribution in [3.05, 3.63) is 65.2 Å². The van der Waals surface area contributed by atoms with E-state index in [9.17, 15) is 4.79 Å². The number of hydrogen-bond donors (Lipinski definition) is 3. The Balaban J connectivity index is 0.000000852. The number of rotatable bonds is 12. The number of nitrogens with one attached hydrogen (secondary N) is 2. The van der Waals surface area contributed by atoms with Crippen LogP contribution in [0.3, 0.4) is 0 Å². The number of hydrazine groups is 1. The summed E-state index contributed by atoms with van der Waals surface area (Å²) in [4.78, 5) is 15.8. The van der Waals surface area contributed by atoms with Gasteiger partial charge in [0.05, 0.1) is 13.7 Å². The van der Waals surface area contributed by atoms with Crippen molar-refractivity contribution in [2.75, 3.05) is 26.8 Å². The number of carbonyl (C=O) groups excluding carboxylic acids is 1. The highest BCUT2D eigenvalue weighted by Gasteiger charge is 2.04. The van der Waals surface area contributed by atoms with Crippen LogP contribution in [0.4, 0.5) is 0 Å². The van der Waals surface area contributed by atoms with Gasteiger partial charge in [0.2, 0.25) is 0 Å². The minimum atomic E-state index is -0.157. The molecule has 34 heavy (non-hydrogen) atoms. The van der Waals surface area contributed by atoms with E-state index in [0.29, 0.717) is 31.4 Å². The lowest BCUT2D eigenvalue weighted by atomic mass is 10.0. The highest BCUT2D eigenvalue weighted by molar-refractivity contribution is 5.98. The molecular formula is C27H42N4O3. The van der Waals surface area contributed by atoms with Crippen molar-refractivity contribution in [3.63, 3.8) is 0 Å². The second kappa shape index (κ2) is 17.6. The molecule has 0 aliphatic carbocycles. The standard InChI is InChI=1S/C22H29N3O3.C5H13N/c1-3-28-21(26)9-4-5-14-24-22(25-23)19-12-10-17(11-13-19)15-18-7-6-8-20(16-18)27-2;1-4-6-5(2)3/h6-8,10-13,16H,3-5,9,14-15,23H2,1-2H3,(H,24,25);5-6H,4H2,1-3H3. The molecular weight excluding hydrogens is 428 g/mol. The third kappa shape index (κ3) is 12.4. The Labute approximate surface area is 205 Å². The van der Waals surface area contributed by atoms with E-state index >= 15 is 0 Å². The summed E-state index contributed by atoms with van der Waals surface area (Å²) in [6.07, 6.45) is 2.80. The van der Waals surface area contributed by atoms with E-state index in [-0.39, 0.29) is 5.97 Å². The lowest BCUT2D eigenvalue weighted by Crippen LogP contribution is -2.31. The van der Waals surface area contributed by atoms with Crippen LogP contribution in [0.25, 0.3) is 0 Å². The molecule has 0 saturated heterocycles. The zero-order valence-corrected chi connectivity index (χ0v) is 21.4. The molecule has 0 amide bonds. The van der Waals surface area contributed by atoms with Crippen LogP contribution in [0, 0.1) is 0 Å². The molecule has 4 N–H and O–H groups in total. The van der Waals surface area contributed by atoms with Crippen molar-refractivity contribution < 1.29 is 14.3 Å². The summed E-state index contributed by atoms with van der Waals surface area (Å²) in [5.74, 6) is 6.98. The van der Waals surface area contributed by atoms with Crippen molar-refractivity contribution in [2.45, 2.75) is 59.4 Å². The molecule has 7 nitrogen and oxygen atoms in total. The summed E-state index contributed by atoms with van der Waals surface area (Å²) >= 11 is 0. The SMILES string of the molecule is CCNC(C)C.CCOC(=O)CCCCN=C(NN)c1ccc(Cc2cccc(OC)c2)cc1. The predicted octanol–water partition coefficient (Wildman–Crippen LogP) is 4.23. The average molecular weight is 471 g/mol. The van der Waals surface area contributed by atoms with E-state index in [0.717, 1.165) is 37.1 Å². The Bertz CT molecular complexity index is 851. The lowest BCUT2D eigenvalue weighted by Gasteiger charge is -2.08. The minimum Gasteiger partial charge on any atom is -0.497 e. The average Bonchev–Trinajstić information content (AvgIpc) is 2.83. The highest BCUT2D eigenvalue weighted by atomic mass is 16.5. The van der Waals surface area contributed by atoms with Gasteiger partial charge in [0.15, 0.2) is 0 Å². The summed E-state index contributed by atoms with van der Waals surface area (Å²) in [6.45, 7) is 10.3. The largest absolute Gasteiger partial charge is 0.497 e. The monoisotopic (exact) mass is 470 g/mol. The van der Waals surface area contributed by atoms with Gasteiger partial charge >= 0.3 is 5.97 Å². The number of hydrogen-bond acceptors (Lipinski definition) is 6. The molecule has 0 atom stereocenters. The number of benzene rings is 2. The van der Waals surface area contributed by atoms with E-state index in [4.69, 9.17) is 15.3 Å². The van der Waals surface area contributed by atoms with Crippen molar-refractivity contribution >= 4 is 11.8 Å². The van der Waals surface area contributed by atoms with Gasteiger partial charge in [-0.1, -0.05) is 57.2 Å². The Morgan fingerprint density at radius 3 is 2.35 bits per heavy atom. The van der Waals surface area contributed by atoms with Crippen molar-refractivity contribution in [3.8, 4) is 5.75 Å². The zero-order chi connectivity index (χ0) is 25.2. The van der Waals surface area contributed by atoms with E-state index in [1.165, 1.54) is 11.1 Å². The van der Waals surface area contributed by atoms with Crippen LogP contribution in [0.1, 0.15) is 63.6 Å². The van der Waals surface area contributed by atoms with Crippen LogP contribution in [0.15, 0.2) is 53.5 Å². The summed E-state index contributed by atoms with van der Waals surface area (Å²) < 4.78 is 10.2. The van der Waals surface area contributed by atoms with Crippen LogP contribution in [0.2, 0.25) is 0 Å². The summed E-state index contributed by atoms with van der Waals surface area (Å²) in [5.41, 5.74) is 5.99. The first-order valence-corrected chi connectivity index (χ1v) is 12.1. The highest BCUT2D eigenvalue weighted by Crippen LogP contribution is 2.16. The van der Waals surface area contributed by atoms with Gasteiger partial charge in [0, 0.05) is 24.6 Å². The fraction of sp³-hybridized carbons (Fsp3) is 0.481. The minimum absolute atomic E-state index is 0.157. The molecule has 0 bridgehead atoms. The van der Waals surface area contributed by atoms with E-state index in [2.05, 4.69) is 54.7 Å². The van der Waals surface area contributed by atoms with Crippen LogP contribution in [-0.2, 0) is 16.0 Å². The molecule has 0 aliphatic rings. The molecule has 188 valence electrons. The van der Waals surface area contributed by atoms with Crippen LogP contribution < -0.4 is 21.3 Å². The third-order valence-electron chi connectivity index (χ3n) is 4.88. The number of carbonyl (C=O) groups is 1. The van der Waals surface area contributed by atoms with Gasteiger partial charge in [-0.2, -0.15) is 0 Å². The normalized spacial score (nSPS) is 11.0. The quantitative estimate of drug-likeness (QED) is 0.107. The molecule has 0 unspecified atom stereocenters. The fourth-order valence-electron chi connectivity index (χ4n) is 3.23. The van der Waals surface area contributed by atoms with Gasteiger partial charge in [-0.05, 0) is 56.0 Å². The molecule has 2 aromatic rings. The number of nitrogens with two attached hydrogens (primary N) is 1. The van der Waals surface area contributed by atoms with Crippen LogP contribution >= 0.6 is 0 Å². The molecule has 7 heteroatoms. The third-order valence-corrected chi connectivity index (χ3v) is 4.88. The Morgan fingerprint density at radius 2 is 1.79 bits per heavy atom. The van der Waals surface area contributed by atoms with Gasteiger partial charge in [0.1, 0.15) is 11.6 Å². The maximum Gasteiger partial charge on any atom is 0.305 e. The van der Waals surface area contributed by atoms with Gasteiger partial charge in [-0.15, -0.1) is 0 Å². The smallest absolute Gasteiger partial charge is 0.305 e. The summed E-state index contributed by atoms with van der Waals surface area (Å²) in [5, 5.41) is 3.21. The topological polar surface area (TPSA) is 98.0 Å². The number of ether oxygens (including phenoxy) is 2. The van der Waals surface area contributed by atoms with Crippen LogP contribution in [-0.4, -0.2) is 44.7 Å². The molecule has 2 aromatic carbocycles. The number of methoxy groups -OCH3 is 1. The number of amidine groups is 1. The van der Waals surface area contributed by atoms with E-state index in [1.54, 1.807) is 7.11 Å². The van der Waals surface area contributed by atoms with Gasteiger partial charge < -0.3 is 20.2 Å². The Hall–Kier alpha value is -2.90. The van der Waals surface area contributed by atoms with Gasteiger partial charge in [-0.25, -0.2) is 5.84 Å².